The lowest BCUT2D eigenvalue weighted by atomic mass is 9.84. The molecule has 0 N–H and O–H groups in total. The van der Waals surface area contributed by atoms with Crippen molar-refractivity contribution in [2.24, 2.45) is 5.92 Å². The molecule has 2 heterocycles. The third-order valence-electron chi connectivity index (χ3n) is 6.11. The molecule has 0 unspecified atom stereocenters. The lowest BCUT2D eigenvalue weighted by Gasteiger charge is -2.34. The number of aryl methyl sites for hydroxylation is 1. The Morgan fingerprint density at radius 3 is 2.53 bits per heavy atom. The van der Waals surface area contributed by atoms with E-state index in [9.17, 15) is 14.4 Å². The van der Waals surface area contributed by atoms with E-state index in [1.54, 1.807) is 9.80 Å². The minimum atomic E-state index is -0.463. The molecule has 7 heteroatoms. The molecule has 1 atom stereocenters. The third kappa shape index (κ3) is 4.01. The van der Waals surface area contributed by atoms with Crippen molar-refractivity contribution in [2.75, 3.05) is 32.8 Å². The fourth-order valence-electron chi connectivity index (χ4n) is 4.36. The van der Waals surface area contributed by atoms with Gasteiger partial charge in [-0.3, -0.25) is 14.6 Å². The number of carbonyl (C=O) groups excluding carboxylic acids is 3. The second kappa shape index (κ2) is 8.42. The van der Waals surface area contributed by atoms with Crippen LogP contribution in [0.3, 0.4) is 0 Å². The Kier molecular flexibility index (Phi) is 5.70. The molecule has 30 heavy (non-hydrogen) atoms. The molecule has 1 saturated heterocycles. The van der Waals surface area contributed by atoms with Gasteiger partial charge in [0.1, 0.15) is 0 Å². The van der Waals surface area contributed by atoms with E-state index >= 15 is 0 Å². The van der Waals surface area contributed by atoms with E-state index in [1.807, 2.05) is 24.3 Å². The summed E-state index contributed by atoms with van der Waals surface area (Å²) in [7, 11) is 0. The van der Waals surface area contributed by atoms with Gasteiger partial charge in [0.2, 0.25) is 5.91 Å². The maximum absolute atomic E-state index is 13.1. The van der Waals surface area contributed by atoms with Crippen molar-refractivity contribution < 1.29 is 19.1 Å². The fraction of sp³-hybridized carbons (Fsp3) is 0.478. The average Bonchev–Trinajstić information content (AvgIpc) is 2.75. The Morgan fingerprint density at radius 2 is 1.80 bits per heavy atom. The summed E-state index contributed by atoms with van der Waals surface area (Å²) in [4.78, 5) is 45.2. The molecule has 0 bridgehead atoms. The zero-order chi connectivity index (χ0) is 21.3. The lowest BCUT2D eigenvalue weighted by molar-refractivity contribution is -0.140. The Labute approximate surface area is 176 Å². The average molecular weight is 409 g/mol. The summed E-state index contributed by atoms with van der Waals surface area (Å²) in [5.41, 5.74) is 3.26. The Balaban J connectivity index is 1.50. The molecule has 158 valence electrons. The van der Waals surface area contributed by atoms with E-state index in [4.69, 9.17) is 9.72 Å². The first-order chi connectivity index (χ1) is 14.4. The number of esters is 1. The van der Waals surface area contributed by atoms with Crippen LogP contribution in [0.25, 0.3) is 10.9 Å². The molecule has 4 rings (SSSR count). The van der Waals surface area contributed by atoms with E-state index in [2.05, 4.69) is 6.92 Å². The van der Waals surface area contributed by atoms with E-state index in [1.165, 1.54) is 6.92 Å². The third-order valence-corrected chi connectivity index (χ3v) is 6.11. The molecular formula is C23H27N3O4. The van der Waals surface area contributed by atoms with Gasteiger partial charge < -0.3 is 14.5 Å². The van der Waals surface area contributed by atoms with Gasteiger partial charge in [0.25, 0.3) is 5.91 Å². The summed E-state index contributed by atoms with van der Waals surface area (Å²) in [6, 6.07) is 7.59. The summed E-state index contributed by atoms with van der Waals surface area (Å²) >= 11 is 0. The zero-order valence-corrected chi connectivity index (χ0v) is 17.5. The van der Waals surface area contributed by atoms with Crippen LogP contribution in [0.5, 0.6) is 0 Å². The lowest BCUT2D eigenvalue weighted by Crippen LogP contribution is -2.51. The number of hydrogen-bond donors (Lipinski definition) is 0. The molecule has 2 amide bonds. The Hall–Kier alpha value is -2.96. The van der Waals surface area contributed by atoms with Gasteiger partial charge in [-0.2, -0.15) is 0 Å². The normalized spacial score (nSPS) is 18.8. The number of rotatable bonds is 3. The predicted octanol–water partition coefficient (Wildman–Crippen LogP) is 2.21. The molecule has 1 aromatic heterocycles. The van der Waals surface area contributed by atoms with Crippen molar-refractivity contribution in [3.05, 3.63) is 41.1 Å². The van der Waals surface area contributed by atoms with Crippen LogP contribution < -0.4 is 0 Å². The summed E-state index contributed by atoms with van der Waals surface area (Å²) in [6.45, 7) is 5.35. The number of aromatic nitrogens is 1. The summed E-state index contributed by atoms with van der Waals surface area (Å²) < 4.78 is 5.49. The fourth-order valence-corrected chi connectivity index (χ4v) is 4.36. The van der Waals surface area contributed by atoms with Crippen molar-refractivity contribution in [1.82, 2.24) is 14.8 Å². The van der Waals surface area contributed by atoms with Gasteiger partial charge in [-0.05, 0) is 36.8 Å². The van der Waals surface area contributed by atoms with Crippen molar-refractivity contribution in [2.45, 2.75) is 33.1 Å². The largest absolute Gasteiger partial charge is 0.452 e. The van der Waals surface area contributed by atoms with Gasteiger partial charge in [0.15, 0.2) is 6.61 Å². The number of carbonyl (C=O) groups is 3. The van der Waals surface area contributed by atoms with Gasteiger partial charge in [0, 0.05) is 44.2 Å². The van der Waals surface area contributed by atoms with E-state index < -0.39 is 5.97 Å². The zero-order valence-electron chi connectivity index (χ0n) is 17.5. The monoisotopic (exact) mass is 409 g/mol. The first-order valence-corrected chi connectivity index (χ1v) is 10.5. The second-order valence-corrected chi connectivity index (χ2v) is 8.24. The number of benzene rings is 1. The number of amides is 2. The predicted molar refractivity (Wildman–Crippen MR) is 112 cm³/mol. The van der Waals surface area contributed by atoms with Crippen LogP contribution in [0.2, 0.25) is 0 Å². The molecule has 2 aliphatic rings. The molecule has 1 fully saturated rings. The molecular weight excluding hydrogens is 382 g/mol. The van der Waals surface area contributed by atoms with Gasteiger partial charge >= 0.3 is 5.97 Å². The number of piperazine rings is 1. The van der Waals surface area contributed by atoms with Gasteiger partial charge in [0.05, 0.1) is 11.1 Å². The van der Waals surface area contributed by atoms with Crippen LogP contribution in [-0.4, -0.2) is 65.4 Å². The maximum atomic E-state index is 13.1. The first-order valence-electron chi connectivity index (χ1n) is 10.5. The highest BCUT2D eigenvalue weighted by atomic mass is 16.5. The highest BCUT2D eigenvalue weighted by Crippen LogP contribution is 2.32. The van der Waals surface area contributed by atoms with Crippen molar-refractivity contribution in [1.29, 1.82) is 0 Å². The molecule has 0 spiro atoms. The second-order valence-electron chi connectivity index (χ2n) is 8.24. The number of hydrogen-bond acceptors (Lipinski definition) is 5. The van der Waals surface area contributed by atoms with Crippen molar-refractivity contribution in [3.8, 4) is 0 Å². The summed E-state index contributed by atoms with van der Waals surface area (Å²) in [5, 5.41) is 0.776. The summed E-state index contributed by atoms with van der Waals surface area (Å²) in [6.07, 6.45) is 2.69. The number of ether oxygens (including phenoxy) is 1. The molecule has 1 aromatic carbocycles. The summed E-state index contributed by atoms with van der Waals surface area (Å²) in [5.74, 6) is -0.204. The van der Waals surface area contributed by atoms with Crippen LogP contribution in [0, 0.1) is 5.92 Å². The molecule has 7 nitrogen and oxygen atoms in total. The Bertz CT molecular complexity index is 995. The first kappa shape index (κ1) is 20.3. The SMILES string of the molecule is CC(=O)N1CCN(C(=O)COC(=O)c2c3c(nc4ccccc24)CC[C@@H](C)C3)CC1. The minimum Gasteiger partial charge on any atom is -0.452 e. The number of pyridine rings is 1. The number of fused-ring (bicyclic) bond motifs is 2. The van der Waals surface area contributed by atoms with E-state index in [-0.39, 0.29) is 18.4 Å². The molecule has 1 aliphatic carbocycles. The smallest absolute Gasteiger partial charge is 0.339 e. The number of para-hydroxylation sites is 1. The topological polar surface area (TPSA) is 79.8 Å². The van der Waals surface area contributed by atoms with Crippen LogP contribution in [0.15, 0.2) is 24.3 Å². The van der Waals surface area contributed by atoms with Crippen LogP contribution in [-0.2, 0) is 27.2 Å². The van der Waals surface area contributed by atoms with Crippen molar-refractivity contribution >= 4 is 28.7 Å². The van der Waals surface area contributed by atoms with Crippen LogP contribution >= 0.6 is 0 Å². The molecule has 1 aliphatic heterocycles. The minimum absolute atomic E-state index is 0.0112. The van der Waals surface area contributed by atoms with Crippen molar-refractivity contribution in [3.63, 3.8) is 0 Å². The maximum Gasteiger partial charge on any atom is 0.339 e. The van der Waals surface area contributed by atoms with E-state index in [0.717, 1.165) is 41.4 Å². The van der Waals surface area contributed by atoms with Crippen LogP contribution in [0.1, 0.15) is 41.9 Å². The molecule has 0 radical (unpaired) electrons. The number of nitrogens with zero attached hydrogens (tertiary/aromatic N) is 3. The van der Waals surface area contributed by atoms with Gasteiger partial charge in [-0.15, -0.1) is 0 Å². The standard InChI is InChI=1S/C23H27N3O4/c1-15-7-8-20-18(13-15)22(17-5-3-4-6-19(17)24-20)23(29)30-14-21(28)26-11-9-25(10-12-26)16(2)27/h3-6,15H,7-14H2,1-2H3/t15-/m1/s1. The Morgan fingerprint density at radius 1 is 1.10 bits per heavy atom. The van der Waals surface area contributed by atoms with E-state index in [0.29, 0.717) is 37.7 Å². The highest BCUT2D eigenvalue weighted by molar-refractivity contribution is 6.05. The van der Waals surface area contributed by atoms with Crippen LogP contribution in [0.4, 0.5) is 0 Å². The van der Waals surface area contributed by atoms with Gasteiger partial charge in [-0.1, -0.05) is 25.1 Å². The quantitative estimate of drug-likeness (QED) is 0.726. The highest BCUT2D eigenvalue weighted by Gasteiger charge is 2.28. The van der Waals surface area contributed by atoms with Gasteiger partial charge in [-0.25, -0.2) is 4.79 Å². The molecule has 0 saturated carbocycles. The molecule has 2 aromatic rings.